The van der Waals surface area contributed by atoms with Crippen molar-refractivity contribution in [3.05, 3.63) is 35.7 Å². The van der Waals surface area contributed by atoms with Gasteiger partial charge in [0.25, 0.3) is 0 Å². The second kappa shape index (κ2) is 7.33. The Morgan fingerprint density at radius 2 is 1.81 bits per heavy atom. The van der Waals surface area contributed by atoms with Crippen molar-refractivity contribution in [1.29, 1.82) is 0 Å². The highest BCUT2D eigenvalue weighted by Gasteiger charge is 2.60. The molecule has 0 saturated heterocycles. The molecule has 2 N–H and O–H groups in total. The Labute approximate surface area is 160 Å². The highest BCUT2D eigenvalue weighted by atomic mass is 19.1. The van der Waals surface area contributed by atoms with Crippen LogP contribution < -0.4 is 10.6 Å². The largest absolute Gasteiger partial charge is 0.444 e. The number of rotatable bonds is 4. The molecule has 0 aliphatic heterocycles. The van der Waals surface area contributed by atoms with Gasteiger partial charge in [0, 0.05) is 5.69 Å². The van der Waals surface area contributed by atoms with Crippen molar-refractivity contribution in [3.63, 3.8) is 0 Å². The van der Waals surface area contributed by atoms with Crippen molar-refractivity contribution >= 4 is 23.4 Å². The molecule has 5 nitrogen and oxygen atoms in total. The highest BCUT2D eigenvalue weighted by molar-refractivity contribution is 5.96. The lowest BCUT2D eigenvalue weighted by Gasteiger charge is -2.20. The van der Waals surface area contributed by atoms with E-state index in [4.69, 9.17) is 4.74 Å². The van der Waals surface area contributed by atoms with Crippen LogP contribution in [-0.4, -0.2) is 17.6 Å². The monoisotopic (exact) mass is 376 g/mol. The Morgan fingerprint density at radius 1 is 1.19 bits per heavy atom. The fraction of sp³-hybridized carbons (Fsp3) is 0.524. The number of allylic oxidation sites excluding steroid dienone is 2. The van der Waals surface area contributed by atoms with Gasteiger partial charge in [-0.15, -0.1) is 0 Å². The van der Waals surface area contributed by atoms with Crippen LogP contribution in [0.5, 0.6) is 0 Å². The Morgan fingerprint density at radius 3 is 2.37 bits per heavy atom. The predicted octanol–water partition coefficient (Wildman–Crippen LogP) is 5.35. The molecule has 27 heavy (non-hydrogen) atoms. The number of hydrogen-bond donors (Lipinski definition) is 2. The molecular weight excluding hydrogens is 347 g/mol. The molecule has 0 heterocycles. The van der Waals surface area contributed by atoms with E-state index in [0.29, 0.717) is 5.69 Å². The molecule has 1 fully saturated rings. The summed E-state index contributed by atoms with van der Waals surface area (Å²) in [5.41, 5.74) is 0.727. The number of amides is 2. The van der Waals surface area contributed by atoms with E-state index < -0.39 is 17.5 Å². The standard InChI is InChI=1S/C21H29FN2O3/c1-12(2)10-14-17(21(14,6)7)18(25)24-16-11-13(8-9-15(16)22)23-19(26)27-20(3,4)5/h8-11,14,17H,1-7H3,(H,23,26)(H,24,25). The second-order valence-corrected chi connectivity index (χ2v) is 8.88. The third-order valence-electron chi connectivity index (χ3n) is 4.58. The molecule has 1 aromatic carbocycles. The van der Waals surface area contributed by atoms with E-state index >= 15 is 0 Å². The molecule has 2 atom stereocenters. The molecule has 6 heteroatoms. The molecular formula is C21H29FN2O3. The number of carbonyl (C=O) groups excluding carboxylic acids is 2. The summed E-state index contributed by atoms with van der Waals surface area (Å²) in [7, 11) is 0. The fourth-order valence-corrected chi connectivity index (χ4v) is 3.18. The van der Waals surface area contributed by atoms with Gasteiger partial charge < -0.3 is 10.1 Å². The number of carbonyl (C=O) groups is 2. The minimum Gasteiger partial charge on any atom is -0.444 e. The first kappa shape index (κ1) is 20.9. The van der Waals surface area contributed by atoms with Crippen LogP contribution >= 0.6 is 0 Å². The fourth-order valence-electron chi connectivity index (χ4n) is 3.18. The van der Waals surface area contributed by atoms with Crippen molar-refractivity contribution in [2.24, 2.45) is 17.3 Å². The molecule has 2 amide bonds. The zero-order chi connectivity index (χ0) is 20.6. The van der Waals surface area contributed by atoms with Gasteiger partial charge in [-0.2, -0.15) is 0 Å². The lowest BCUT2D eigenvalue weighted by molar-refractivity contribution is -0.118. The quantitative estimate of drug-likeness (QED) is 0.696. The van der Waals surface area contributed by atoms with Crippen molar-refractivity contribution in [2.45, 2.75) is 54.1 Å². The summed E-state index contributed by atoms with van der Waals surface area (Å²) < 4.78 is 19.3. The normalized spacial score (nSPS) is 20.4. The Hall–Kier alpha value is -2.37. The minimum atomic E-state index is -0.640. The first-order chi connectivity index (χ1) is 12.3. The third-order valence-corrected chi connectivity index (χ3v) is 4.58. The van der Waals surface area contributed by atoms with Crippen LogP contribution in [0.25, 0.3) is 0 Å². The van der Waals surface area contributed by atoms with Gasteiger partial charge in [0.2, 0.25) is 5.91 Å². The number of halogens is 1. The van der Waals surface area contributed by atoms with Gasteiger partial charge in [-0.3, -0.25) is 10.1 Å². The Balaban J connectivity index is 2.10. The third kappa shape index (κ3) is 5.31. The second-order valence-electron chi connectivity index (χ2n) is 8.88. The van der Waals surface area contributed by atoms with Gasteiger partial charge in [-0.25, -0.2) is 9.18 Å². The van der Waals surface area contributed by atoms with Crippen LogP contribution in [-0.2, 0) is 9.53 Å². The van der Waals surface area contributed by atoms with E-state index in [1.165, 1.54) is 18.2 Å². The summed E-state index contributed by atoms with van der Waals surface area (Å²) in [6.07, 6.45) is 1.44. The zero-order valence-electron chi connectivity index (χ0n) is 17.1. The van der Waals surface area contributed by atoms with Crippen molar-refractivity contribution < 1.29 is 18.7 Å². The number of anilines is 2. The van der Waals surface area contributed by atoms with E-state index in [1.54, 1.807) is 20.8 Å². The zero-order valence-corrected chi connectivity index (χ0v) is 17.1. The molecule has 0 radical (unpaired) electrons. The minimum absolute atomic E-state index is 0.0345. The van der Waals surface area contributed by atoms with Crippen LogP contribution in [0, 0.1) is 23.1 Å². The first-order valence-corrected chi connectivity index (χ1v) is 9.06. The molecule has 0 spiro atoms. The molecule has 1 aliphatic rings. The molecule has 0 bridgehead atoms. The lowest BCUT2D eigenvalue weighted by atomic mass is 10.1. The maximum atomic E-state index is 14.2. The molecule has 0 aromatic heterocycles. The van der Waals surface area contributed by atoms with Crippen LogP contribution in [0.4, 0.5) is 20.6 Å². The SMILES string of the molecule is CC(C)=CC1C(C(=O)Nc2cc(NC(=O)OC(C)(C)C)ccc2F)C1(C)C. The molecule has 2 unspecified atom stereocenters. The summed E-state index contributed by atoms with van der Waals surface area (Å²) in [5.74, 6) is -0.867. The Bertz CT molecular complexity index is 774. The summed E-state index contributed by atoms with van der Waals surface area (Å²) in [5, 5.41) is 5.20. The topological polar surface area (TPSA) is 67.4 Å². The average molecular weight is 376 g/mol. The van der Waals surface area contributed by atoms with Crippen molar-refractivity contribution in [1.82, 2.24) is 0 Å². The Kier molecular flexibility index (Phi) is 5.68. The van der Waals surface area contributed by atoms with Gasteiger partial charge in [0.1, 0.15) is 11.4 Å². The highest BCUT2D eigenvalue weighted by Crippen LogP contribution is 2.59. The summed E-state index contributed by atoms with van der Waals surface area (Å²) in [6, 6.07) is 4.01. The van der Waals surface area contributed by atoms with Crippen LogP contribution in [0.1, 0.15) is 48.5 Å². The molecule has 2 rings (SSSR count). The predicted molar refractivity (Wildman–Crippen MR) is 105 cm³/mol. The van der Waals surface area contributed by atoms with Gasteiger partial charge in [0.15, 0.2) is 0 Å². The van der Waals surface area contributed by atoms with E-state index in [-0.39, 0.29) is 28.8 Å². The molecule has 1 saturated carbocycles. The van der Waals surface area contributed by atoms with Crippen LogP contribution in [0.3, 0.4) is 0 Å². The van der Waals surface area contributed by atoms with Gasteiger partial charge in [-0.05, 0) is 64.2 Å². The van der Waals surface area contributed by atoms with Gasteiger partial charge in [0.05, 0.1) is 11.6 Å². The van der Waals surface area contributed by atoms with Gasteiger partial charge in [-0.1, -0.05) is 25.5 Å². The molecule has 148 valence electrons. The summed E-state index contributed by atoms with van der Waals surface area (Å²) >= 11 is 0. The van der Waals surface area contributed by atoms with Crippen molar-refractivity contribution in [3.8, 4) is 0 Å². The van der Waals surface area contributed by atoms with Crippen LogP contribution in [0.2, 0.25) is 0 Å². The van der Waals surface area contributed by atoms with E-state index in [1.807, 2.05) is 27.7 Å². The summed E-state index contributed by atoms with van der Waals surface area (Å²) in [6.45, 7) is 13.3. The average Bonchev–Trinajstić information content (AvgIpc) is 3.00. The maximum absolute atomic E-state index is 14.2. The number of hydrogen-bond acceptors (Lipinski definition) is 3. The van der Waals surface area contributed by atoms with Crippen molar-refractivity contribution in [2.75, 3.05) is 10.6 Å². The summed E-state index contributed by atoms with van der Waals surface area (Å²) in [4.78, 5) is 24.5. The molecule has 1 aromatic rings. The van der Waals surface area contributed by atoms with E-state index in [2.05, 4.69) is 16.7 Å². The van der Waals surface area contributed by atoms with Gasteiger partial charge >= 0.3 is 6.09 Å². The van der Waals surface area contributed by atoms with E-state index in [0.717, 1.165) is 5.57 Å². The van der Waals surface area contributed by atoms with Crippen LogP contribution in [0.15, 0.2) is 29.8 Å². The van der Waals surface area contributed by atoms with E-state index in [9.17, 15) is 14.0 Å². The number of benzene rings is 1. The number of nitrogens with one attached hydrogen (secondary N) is 2. The smallest absolute Gasteiger partial charge is 0.412 e. The lowest BCUT2D eigenvalue weighted by Crippen LogP contribution is -2.27. The molecule has 1 aliphatic carbocycles. The maximum Gasteiger partial charge on any atom is 0.412 e. The first-order valence-electron chi connectivity index (χ1n) is 9.06. The number of ether oxygens (including phenoxy) is 1.